The van der Waals surface area contributed by atoms with Crippen molar-refractivity contribution in [3.8, 4) is 0 Å². The van der Waals surface area contributed by atoms with E-state index in [1.165, 1.54) is 12.1 Å². The maximum atomic E-state index is 12.8. The van der Waals surface area contributed by atoms with E-state index in [2.05, 4.69) is 4.72 Å². The molecule has 0 bridgehead atoms. The van der Waals surface area contributed by atoms with Gasteiger partial charge in [0.25, 0.3) is 15.7 Å². The SMILES string of the molecule is Cc1ccc([N+](=O)[O-])cc1NS(=O)(=O)c1c(C)c(Cl)cc(C)c1Cl. The molecule has 2 aromatic carbocycles. The molecule has 0 aliphatic rings. The van der Waals surface area contributed by atoms with Crippen LogP contribution in [0.5, 0.6) is 0 Å². The summed E-state index contributed by atoms with van der Waals surface area (Å²) in [4.78, 5) is 10.2. The minimum Gasteiger partial charge on any atom is -0.279 e. The molecule has 0 aliphatic heterocycles. The highest BCUT2D eigenvalue weighted by molar-refractivity contribution is 7.93. The van der Waals surface area contributed by atoms with Gasteiger partial charge in [-0.1, -0.05) is 29.3 Å². The zero-order valence-corrected chi connectivity index (χ0v) is 15.4. The maximum absolute atomic E-state index is 12.8. The average molecular weight is 389 g/mol. The van der Waals surface area contributed by atoms with E-state index in [0.717, 1.165) is 6.07 Å². The van der Waals surface area contributed by atoms with Crippen LogP contribution in [0.1, 0.15) is 16.7 Å². The van der Waals surface area contributed by atoms with Gasteiger partial charge in [-0.3, -0.25) is 14.8 Å². The van der Waals surface area contributed by atoms with E-state index in [0.29, 0.717) is 16.7 Å². The number of anilines is 1. The van der Waals surface area contributed by atoms with Crippen LogP contribution in [-0.4, -0.2) is 13.3 Å². The number of rotatable bonds is 4. The Kier molecular flexibility index (Phi) is 5.08. The quantitative estimate of drug-likeness (QED) is 0.610. The lowest BCUT2D eigenvalue weighted by Crippen LogP contribution is -2.16. The fraction of sp³-hybridized carbons (Fsp3) is 0.200. The molecule has 0 saturated carbocycles. The predicted octanol–water partition coefficient (Wildman–Crippen LogP) is 4.63. The van der Waals surface area contributed by atoms with E-state index in [-0.39, 0.29) is 26.3 Å². The molecule has 2 rings (SSSR count). The molecule has 0 fully saturated rings. The molecule has 0 spiro atoms. The molecule has 0 aliphatic carbocycles. The molecular weight excluding hydrogens is 375 g/mol. The third-order valence-corrected chi connectivity index (χ3v) is 6.06. The molecule has 0 heterocycles. The van der Waals surface area contributed by atoms with Crippen molar-refractivity contribution in [1.29, 1.82) is 0 Å². The number of nitro groups is 1. The van der Waals surface area contributed by atoms with E-state index in [4.69, 9.17) is 23.2 Å². The third-order valence-electron chi connectivity index (χ3n) is 3.53. The second-order valence-corrected chi connectivity index (χ2v) is 7.71. The predicted molar refractivity (Wildman–Crippen MR) is 94.6 cm³/mol. The summed E-state index contributed by atoms with van der Waals surface area (Å²) in [6, 6.07) is 5.51. The molecule has 0 radical (unpaired) electrons. The molecule has 0 saturated heterocycles. The Morgan fingerprint density at radius 1 is 1.08 bits per heavy atom. The van der Waals surface area contributed by atoms with Crippen molar-refractivity contribution >= 4 is 44.6 Å². The van der Waals surface area contributed by atoms with Crippen LogP contribution in [0, 0.1) is 30.9 Å². The molecule has 128 valence electrons. The van der Waals surface area contributed by atoms with Crippen molar-refractivity contribution in [2.45, 2.75) is 25.7 Å². The Bertz CT molecular complexity index is 917. The first kappa shape index (κ1) is 18.5. The highest BCUT2D eigenvalue weighted by Gasteiger charge is 2.25. The monoisotopic (exact) mass is 388 g/mol. The molecular formula is C15H14Cl2N2O4S. The van der Waals surface area contributed by atoms with Gasteiger partial charge in [0.1, 0.15) is 4.90 Å². The number of nitrogens with zero attached hydrogens (tertiary/aromatic N) is 1. The van der Waals surface area contributed by atoms with Crippen LogP contribution in [0.2, 0.25) is 10.0 Å². The number of nitro benzene ring substituents is 1. The minimum absolute atomic E-state index is 0.0625. The molecule has 9 heteroatoms. The molecule has 2 aromatic rings. The Balaban J connectivity index is 2.59. The second-order valence-electron chi connectivity index (χ2n) is 5.31. The van der Waals surface area contributed by atoms with Gasteiger partial charge in [0.2, 0.25) is 0 Å². The molecule has 0 unspecified atom stereocenters. The number of hydrogen-bond acceptors (Lipinski definition) is 4. The van der Waals surface area contributed by atoms with Gasteiger partial charge in [0.05, 0.1) is 15.6 Å². The van der Waals surface area contributed by atoms with E-state index >= 15 is 0 Å². The van der Waals surface area contributed by atoms with Gasteiger partial charge < -0.3 is 0 Å². The zero-order chi connectivity index (χ0) is 18.2. The van der Waals surface area contributed by atoms with Crippen molar-refractivity contribution in [2.75, 3.05) is 4.72 Å². The van der Waals surface area contributed by atoms with Crippen molar-refractivity contribution in [3.63, 3.8) is 0 Å². The van der Waals surface area contributed by atoms with Crippen LogP contribution >= 0.6 is 23.2 Å². The van der Waals surface area contributed by atoms with Crippen molar-refractivity contribution < 1.29 is 13.3 Å². The van der Waals surface area contributed by atoms with Crippen LogP contribution in [0.25, 0.3) is 0 Å². The smallest absolute Gasteiger partial charge is 0.271 e. The van der Waals surface area contributed by atoms with Gasteiger partial charge in [-0.25, -0.2) is 8.42 Å². The van der Waals surface area contributed by atoms with Crippen LogP contribution in [0.4, 0.5) is 11.4 Å². The Morgan fingerprint density at radius 3 is 2.29 bits per heavy atom. The van der Waals surface area contributed by atoms with Gasteiger partial charge >= 0.3 is 0 Å². The summed E-state index contributed by atoms with van der Waals surface area (Å²) in [5.74, 6) is 0. The summed E-state index contributed by atoms with van der Waals surface area (Å²) in [7, 11) is -4.07. The van der Waals surface area contributed by atoms with Crippen LogP contribution < -0.4 is 4.72 Å². The summed E-state index contributed by atoms with van der Waals surface area (Å²) >= 11 is 12.2. The van der Waals surface area contributed by atoms with Gasteiger partial charge in [0.15, 0.2) is 0 Å². The average Bonchev–Trinajstić information content (AvgIpc) is 2.47. The Morgan fingerprint density at radius 2 is 1.71 bits per heavy atom. The summed E-state index contributed by atoms with van der Waals surface area (Å²) in [5.41, 5.74) is 1.25. The van der Waals surface area contributed by atoms with Crippen molar-refractivity contribution in [3.05, 3.63) is 61.1 Å². The lowest BCUT2D eigenvalue weighted by Gasteiger charge is -2.15. The number of nitrogens with one attached hydrogen (secondary N) is 1. The number of aryl methyl sites for hydroxylation is 2. The van der Waals surface area contributed by atoms with Gasteiger partial charge in [0, 0.05) is 17.2 Å². The standard InChI is InChI=1S/C15H14Cl2N2O4S/c1-8-4-5-11(19(20)21)7-13(8)18-24(22,23)15-10(3)12(16)6-9(2)14(15)17/h4-7,18H,1-3H3. The highest BCUT2D eigenvalue weighted by atomic mass is 35.5. The lowest BCUT2D eigenvalue weighted by atomic mass is 10.2. The fourth-order valence-electron chi connectivity index (χ4n) is 2.16. The molecule has 24 heavy (non-hydrogen) atoms. The third kappa shape index (κ3) is 3.48. The first-order valence-electron chi connectivity index (χ1n) is 6.77. The Labute approximate surface area is 149 Å². The van der Waals surface area contributed by atoms with Gasteiger partial charge in [-0.05, 0) is 43.5 Å². The van der Waals surface area contributed by atoms with Gasteiger partial charge in [-0.2, -0.15) is 0 Å². The van der Waals surface area contributed by atoms with E-state index in [1.807, 2.05) is 0 Å². The second kappa shape index (κ2) is 6.58. The summed E-state index contributed by atoms with van der Waals surface area (Å²) in [5, 5.41) is 11.2. The van der Waals surface area contributed by atoms with Crippen LogP contribution in [0.3, 0.4) is 0 Å². The summed E-state index contributed by atoms with van der Waals surface area (Å²) < 4.78 is 27.9. The highest BCUT2D eigenvalue weighted by Crippen LogP contribution is 2.35. The normalized spacial score (nSPS) is 11.4. The van der Waals surface area contributed by atoms with Crippen molar-refractivity contribution in [2.24, 2.45) is 0 Å². The van der Waals surface area contributed by atoms with Gasteiger partial charge in [-0.15, -0.1) is 0 Å². The summed E-state index contributed by atoms with van der Waals surface area (Å²) in [6.45, 7) is 4.83. The number of sulfonamides is 1. The van der Waals surface area contributed by atoms with E-state index in [1.54, 1.807) is 26.8 Å². The molecule has 6 nitrogen and oxygen atoms in total. The number of non-ortho nitro benzene ring substituents is 1. The lowest BCUT2D eigenvalue weighted by molar-refractivity contribution is -0.384. The first-order valence-corrected chi connectivity index (χ1v) is 9.01. The minimum atomic E-state index is -4.07. The number of hydrogen-bond donors (Lipinski definition) is 1. The molecule has 0 atom stereocenters. The van der Waals surface area contributed by atoms with Crippen molar-refractivity contribution in [1.82, 2.24) is 0 Å². The largest absolute Gasteiger partial charge is 0.279 e. The first-order chi connectivity index (χ1) is 11.0. The van der Waals surface area contributed by atoms with E-state index in [9.17, 15) is 18.5 Å². The van der Waals surface area contributed by atoms with E-state index < -0.39 is 14.9 Å². The zero-order valence-electron chi connectivity index (χ0n) is 13.1. The van der Waals surface area contributed by atoms with Crippen LogP contribution in [0.15, 0.2) is 29.2 Å². The molecule has 0 aromatic heterocycles. The Hall–Kier alpha value is -1.83. The van der Waals surface area contributed by atoms with Crippen LogP contribution in [-0.2, 0) is 10.0 Å². The fourth-order valence-corrected chi connectivity index (χ4v) is 4.50. The molecule has 1 N–H and O–H groups in total. The number of benzene rings is 2. The maximum Gasteiger partial charge on any atom is 0.271 e. The number of halogens is 2. The summed E-state index contributed by atoms with van der Waals surface area (Å²) in [6.07, 6.45) is 0. The topological polar surface area (TPSA) is 89.3 Å². The molecule has 0 amide bonds.